The van der Waals surface area contributed by atoms with E-state index in [1.807, 2.05) is 12.3 Å². The van der Waals surface area contributed by atoms with Crippen molar-refractivity contribution in [3.63, 3.8) is 0 Å². The molecule has 2 N–H and O–H groups in total. The molecule has 0 spiro atoms. The maximum Gasteiger partial charge on any atom is 0.406 e. The van der Waals surface area contributed by atoms with Crippen molar-refractivity contribution in [2.24, 2.45) is 0 Å². The summed E-state index contributed by atoms with van der Waals surface area (Å²) in [5, 5.41) is 7.64. The molecule has 35 heavy (non-hydrogen) atoms. The molecule has 1 saturated carbocycles. The SMILES string of the molecule is CSC1C=C(OF)C(NCC#Cc2cc3c(NC4CCCCC4)cccc3n2CC(F)(F)F)CC1. The van der Waals surface area contributed by atoms with Crippen molar-refractivity contribution in [2.45, 2.75) is 75.0 Å². The van der Waals surface area contributed by atoms with Crippen LogP contribution in [0.25, 0.3) is 10.9 Å². The van der Waals surface area contributed by atoms with Crippen LogP contribution in [-0.4, -0.2) is 40.9 Å². The Kier molecular flexibility index (Phi) is 8.55. The van der Waals surface area contributed by atoms with E-state index in [1.165, 1.54) is 11.0 Å². The summed E-state index contributed by atoms with van der Waals surface area (Å²) in [7, 11) is 0. The normalized spacial score (nSPS) is 21.3. The fourth-order valence-corrected chi connectivity index (χ4v) is 5.61. The summed E-state index contributed by atoms with van der Waals surface area (Å²) >= 11 is 1.63. The summed E-state index contributed by atoms with van der Waals surface area (Å²) in [5.41, 5.74) is 1.66. The van der Waals surface area contributed by atoms with Gasteiger partial charge in [-0.1, -0.05) is 31.2 Å². The Morgan fingerprint density at radius 3 is 2.66 bits per heavy atom. The smallest absolute Gasteiger partial charge is 0.382 e. The zero-order chi connectivity index (χ0) is 24.8. The van der Waals surface area contributed by atoms with Gasteiger partial charge in [0.05, 0.1) is 23.8 Å². The van der Waals surface area contributed by atoms with Gasteiger partial charge in [0.25, 0.3) is 0 Å². The maximum absolute atomic E-state index is 13.4. The summed E-state index contributed by atoms with van der Waals surface area (Å²) in [6.07, 6.45) is 6.63. The lowest BCUT2D eigenvalue weighted by Crippen LogP contribution is -2.35. The number of anilines is 1. The van der Waals surface area contributed by atoms with Crippen molar-refractivity contribution in [1.29, 1.82) is 0 Å². The number of alkyl halides is 3. The monoisotopic (exact) mass is 509 g/mol. The highest BCUT2D eigenvalue weighted by molar-refractivity contribution is 7.99. The number of rotatable bonds is 7. The molecule has 1 aromatic carbocycles. The molecule has 2 unspecified atom stereocenters. The van der Waals surface area contributed by atoms with Crippen molar-refractivity contribution < 1.29 is 22.6 Å². The largest absolute Gasteiger partial charge is 0.406 e. The molecule has 4 rings (SSSR count). The van der Waals surface area contributed by atoms with E-state index in [1.54, 1.807) is 36.0 Å². The first-order chi connectivity index (χ1) is 16.9. The number of aromatic nitrogens is 1. The van der Waals surface area contributed by atoms with E-state index in [9.17, 15) is 17.7 Å². The van der Waals surface area contributed by atoms with Gasteiger partial charge in [0, 0.05) is 26.9 Å². The average Bonchev–Trinajstić information content (AvgIpc) is 3.19. The number of nitrogens with zero attached hydrogens (tertiary/aromatic N) is 1. The zero-order valence-corrected chi connectivity index (χ0v) is 20.6. The van der Waals surface area contributed by atoms with E-state index in [-0.39, 0.29) is 23.6 Å². The molecule has 0 bridgehead atoms. The van der Waals surface area contributed by atoms with Gasteiger partial charge in [0.15, 0.2) is 5.76 Å². The lowest BCUT2D eigenvalue weighted by Gasteiger charge is -2.25. The van der Waals surface area contributed by atoms with Crippen LogP contribution in [-0.2, 0) is 11.5 Å². The second-order valence-electron chi connectivity index (χ2n) is 9.18. The van der Waals surface area contributed by atoms with Crippen molar-refractivity contribution in [2.75, 3.05) is 18.1 Å². The number of nitrogens with one attached hydrogen (secondary N) is 2. The van der Waals surface area contributed by atoms with E-state index in [2.05, 4.69) is 27.4 Å². The first kappa shape index (κ1) is 25.8. The molecule has 1 aromatic heterocycles. The predicted octanol–water partition coefficient (Wildman–Crippen LogP) is 6.57. The van der Waals surface area contributed by atoms with Gasteiger partial charge >= 0.3 is 6.18 Å². The molecule has 2 aliphatic rings. The molecular weight excluding hydrogens is 478 g/mol. The highest BCUT2D eigenvalue weighted by Crippen LogP contribution is 2.32. The Morgan fingerprint density at radius 1 is 1.14 bits per heavy atom. The topological polar surface area (TPSA) is 38.2 Å². The molecule has 0 aliphatic heterocycles. The van der Waals surface area contributed by atoms with Crippen LogP contribution in [0, 0.1) is 11.8 Å². The van der Waals surface area contributed by atoms with Crippen LogP contribution in [0.3, 0.4) is 0 Å². The highest BCUT2D eigenvalue weighted by Gasteiger charge is 2.30. The highest BCUT2D eigenvalue weighted by atomic mass is 32.2. The Labute approximate surface area is 207 Å². The van der Waals surface area contributed by atoms with E-state index < -0.39 is 12.7 Å². The summed E-state index contributed by atoms with van der Waals surface area (Å²) < 4.78 is 54.5. The minimum Gasteiger partial charge on any atom is -0.382 e. The van der Waals surface area contributed by atoms with Gasteiger partial charge in [-0.05, 0) is 62.1 Å². The lowest BCUT2D eigenvalue weighted by atomic mass is 9.95. The summed E-state index contributed by atoms with van der Waals surface area (Å²) in [4.78, 5) is 4.04. The first-order valence-corrected chi connectivity index (χ1v) is 13.4. The number of thioether (sulfide) groups is 1. The fraction of sp³-hybridized carbons (Fsp3) is 0.538. The van der Waals surface area contributed by atoms with Gasteiger partial charge in [0.1, 0.15) is 6.54 Å². The molecule has 4 nitrogen and oxygen atoms in total. The Bertz CT molecular complexity index is 1100. The number of benzene rings is 1. The van der Waals surface area contributed by atoms with E-state index >= 15 is 0 Å². The Balaban J connectivity index is 1.55. The number of hydrogen-bond donors (Lipinski definition) is 2. The third-order valence-corrected chi connectivity index (χ3v) is 7.70. The van der Waals surface area contributed by atoms with Crippen LogP contribution < -0.4 is 10.6 Å². The van der Waals surface area contributed by atoms with Crippen LogP contribution in [0.4, 0.5) is 23.4 Å². The lowest BCUT2D eigenvalue weighted by molar-refractivity contribution is -0.140. The molecule has 9 heteroatoms. The van der Waals surface area contributed by atoms with Crippen molar-refractivity contribution in [1.82, 2.24) is 9.88 Å². The van der Waals surface area contributed by atoms with Crippen LogP contribution >= 0.6 is 11.8 Å². The number of halogens is 4. The van der Waals surface area contributed by atoms with Crippen molar-refractivity contribution in [3.05, 3.63) is 41.8 Å². The number of fused-ring (bicyclic) bond motifs is 1. The molecular formula is C26H31F4N3OS. The third kappa shape index (κ3) is 6.68. The van der Waals surface area contributed by atoms with E-state index in [0.29, 0.717) is 23.7 Å². The molecule has 1 fully saturated rings. The Morgan fingerprint density at radius 2 is 1.94 bits per heavy atom. The quantitative estimate of drug-likeness (QED) is 0.327. The van der Waals surface area contributed by atoms with Gasteiger partial charge in [-0.25, -0.2) is 0 Å². The second kappa shape index (κ2) is 11.6. The van der Waals surface area contributed by atoms with Crippen molar-refractivity contribution in [3.8, 4) is 11.8 Å². The Hall–Kier alpha value is -2.31. The first-order valence-electron chi connectivity index (χ1n) is 12.1. The second-order valence-corrected chi connectivity index (χ2v) is 10.3. The maximum atomic E-state index is 13.4. The minimum absolute atomic E-state index is 0.204. The van der Waals surface area contributed by atoms with Gasteiger partial charge in [-0.2, -0.15) is 24.9 Å². The third-order valence-electron chi connectivity index (χ3n) is 6.73. The van der Waals surface area contributed by atoms with Crippen LogP contribution in [0.15, 0.2) is 36.1 Å². The van der Waals surface area contributed by atoms with Gasteiger partial charge in [0.2, 0.25) is 0 Å². The average molecular weight is 510 g/mol. The molecule has 2 aliphatic carbocycles. The van der Waals surface area contributed by atoms with Crippen molar-refractivity contribution >= 4 is 28.4 Å². The zero-order valence-electron chi connectivity index (χ0n) is 19.8. The molecule has 0 amide bonds. The molecule has 0 saturated heterocycles. The molecule has 1 heterocycles. The molecule has 2 aromatic rings. The van der Waals surface area contributed by atoms with Crippen LogP contribution in [0.1, 0.15) is 50.6 Å². The predicted molar refractivity (Wildman–Crippen MR) is 134 cm³/mol. The molecule has 2 atom stereocenters. The standard InChI is InChI=1S/C26H31F4N3OS/c1-35-20-12-13-23(25(16-20)34-30)31-14-6-9-19-15-21-22(32-18-7-3-2-4-8-18)10-5-11-24(21)33(19)17-26(27,28)29/h5,10-11,15-16,18,20,23,31-32H,2-4,7-8,12-14,17H2,1H3. The molecule has 190 valence electrons. The summed E-state index contributed by atoms with van der Waals surface area (Å²) in [6.45, 7) is -0.905. The van der Waals surface area contributed by atoms with E-state index in [4.69, 9.17) is 0 Å². The van der Waals surface area contributed by atoms with Crippen LogP contribution in [0.2, 0.25) is 0 Å². The van der Waals surface area contributed by atoms with Crippen LogP contribution in [0.5, 0.6) is 0 Å². The summed E-state index contributed by atoms with van der Waals surface area (Å²) in [6, 6.07) is 7.18. The van der Waals surface area contributed by atoms with E-state index in [0.717, 1.165) is 43.2 Å². The summed E-state index contributed by atoms with van der Waals surface area (Å²) in [5.74, 6) is 6.08. The van der Waals surface area contributed by atoms with Gasteiger partial charge in [-0.3, -0.25) is 10.3 Å². The minimum atomic E-state index is -4.37. The molecule has 0 radical (unpaired) electrons. The fourth-order valence-electron chi connectivity index (χ4n) is 4.96. The van der Waals surface area contributed by atoms with Gasteiger partial charge in [-0.15, -0.1) is 0 Å². The van der Waals surface area contributed by atoms with Gasteiger partial charge < -0.3 is 9.88 Å². The number of hydrogen-bond acceptors (Lipinski definition) is 4.